The Labute approximate surface area is 172 Å². The van der Waals surface area contributed by atoms with Crippen molar-refractivity contribution in [3.63, 3.8) is 0 Å². The number of ether oxygens (including phenoxy) is 1. The third kappa shape index (κ3) is 5.46. The van der Waals surface area contributed by atoms with Crippen molar-refractivity contribution >= 4 is 24.8 Å². The second-order valence-corrected chi connectivity index (χ2v) is 7.98. The molecule has 7 heteroatoms. The normalized spacial score (nSPS) is 17.4. The maximum absolute atomic E-state index is 11.8. The molecule has 6 nitrogen and oxygen atoms in total. The molecule has 0 atom stereocenters. The molecule has 0 spiro atoms. The number of rotatable bonds is 6. The third-order valence-corrected chi connectivity index (χ3v) is 5.19. The molecular weight excluding hydrogens is 367 g/mol. The average molecular weight is 394 g/mol. The number of nitrogens with one attached hydrogen (secondary N) is 1. The van der Waals surface area contributed by atoms with E-state index in [2.05, 4.69) is 10.3 Å². The van der Waals surface area contributed by atoms with Crippen LogP contribution in [0.15, 0.2) is 54.9 Å². The van der Waals surface area contributed by atoms with Gasteiger partial charge in [-0.05, 0) is 38.8 Å². The number of benzene rings is 1. The van der Waals surface area contributed by atoms with Gasteiger partial charge in [-0.2, -0.15) is 0 Å². The van der Waals surface area contributed by atoms with Gasteiger partial charge < -0.3 is 19.4 Å². The standard InChI is InChI=1S/C22H27BN2O4/c1-21(2)22(3,4)29-23(28-21)19-13-18(14-24-15-19)11-8-12-25-20(26)27-16-17-9-6-5-7-10-17/h5-11,13-15H,12,16H2,1-4H3,(H,25,26). The fourth-order valence-electron chi connectivity index (χ4n) is 2.79. The highest BCUT2D eigenvalue weighted by atomic mass is 16.7. The van der Waals surface area contributed by atoms with Crippen LogP contribution in [-0.2, 0) is 20.7 Å². The SMILES string of the molecule is CC1(C)OB(c2cncc(C=CCNC(=O)OCc3ccccc3)c2)OC1(C)C. The van der Waals surface area contributed by atoms with E-state index < -0.39 is 24.4 Å². The van der Waals surface area contributed by atoms with E-state index >= 15 is 0 Å². The zero-order chi connectivity index (χ0) is 20.9. The topological polar surface area (TPSA) is 69.7 Å². The van der Waals surface area contributed by atoms with E-state index in [1.165, 1.54) is 0 Å². The molecule has 1 aliphatic rings. The summed E-state index contributed by atoms with van der Waals surface area (Å²) in [5.41, 5.74) is 1.92. The molecule has 152 valence electrons. The van der Waals surface area contributed by atoms with Crippen molar-refractivity contribution in [1.82, 2.24) is 10.3 Å². The Kier molecular flexibility index (Phi) is 6.40. The van der Waals surface area contributed by atoms with Crippen LogP contribution in [0.25, 0.3) is 6.08 Å². The van der Waals surface area contributed by atoms with Gasteiger partial charge in [-0.25, -0.2) is 4.79 Å². The number of carbonyl (C=O) groups is 1. The molecule has 0 unspecified atom stereocenters. The largest absolute Gasteiger partial charge is 0.496 e. The van der Waals surface area contributed by atoms with Crippen molar-refractivity contribution in [2.45, 2.75) is 45.5 Å². The molecule has 1 aromatic carbocycles. The Morgan fingerprint density at radius 2 is 1.83 bits per heavy atom. The fraction of sp³-hybridized carbons (Fsp3) is 0.364. The summed E-state index contributed by atoms with van der Waals surface area (Å²) in [5, 5.41) is 2.70. The van der Waals surface area contributed by atoms with Gasteiger partial charge in [-0.15, -0.1) is 0 Å². The Hall–Kier alpha value is -2.64. The molecule has 1 amide bonds. The first-order valence-corrected chi connectivity index (χ1v) is 9.68. The predicted molar refractivity (Wildman–Crippen MR) is 114 cm³/mol. The van der Waals surface area contributed by atoms with Gasteiger partial charge in [0.05, 0.1) is 11.2 Å². The van der Waals surface area contributed by atoms with E-state index in [0.29, 0.717) is 6.54 Å². The maximum atomic E-state index is 11.8. The van der Waals surface area contributed by atoms with Gasteiger partial charge >= 0.3 is 13.2 Å². The molecule has 1 aliphatic heterocycles. The molecule has 1 N–H and O–H groups in total. The van der Waals surface area contributed by atoms with Gasteiger partial charge in [-0.1, -0.05) is 48.6 Å². The number of nitrogens with zero attached hydrogens (tertiary/aromatic N) is 1. The molecule has 0 radical (unpaired) electrons. The molecule has 2 aromatic rings. The number of amides is 1. The van der Waals surface area contributed by atoms with Crippen LogP contribution in [0.4, 0.5) is 4.79 Å². The summed E-state index contributed by atoms with van der Waals surface area (Å²) in [5.74, 6) is 0. The average Bonchev–Trinajstić information content (AvgIpc) is 2.92. The van der Waals surface area contributed by atoms with E-state index in [1.807, 2.05) is 76.2 Å². The van der Waals surface area contributed by atoms with Crippen LogP contribution >= 0.6 is 0 Å². The Morgan fingerprint density at radius 1 is 1.14 bits per heavy atom. The molecule has 0 saturated carbocycles. The minimum absolute atomic E-state index is 0.246. The number of carbonyl (C=O) groups excluding carboxylic acids is 1. The lowest BCUT2D eigenvalue weighted by atomic mass is 9.80. The monoisotopic (exact) mass is 394 g/mol. The van der Waals surface area contributed by atoms with Gasteiger partial charge in [0.25, 0.3) is 0 Å². The molecule has 2 heterocycles. The van der Waals surface area contributed by atoms with Crippen molar-refractivity contribution < 1.29 is 18.8 Å². The highest BCUT2D eigenvalue weighted by Crippen LogP contribution is 2.36. The number of alkyl carbamates (subject to hydrolysis) is 1. The first-order chi connectivity index (χ1) is 13.8. The predicted octanol–water partition coefficient (Wildman–Crippen LogP) is 3.32. The van der Waals surface area contributed by atoms with Crippen LogP contribution in [0.3, 0.4) is 0 Å². The summed E-state index contributed by atoms with van der Waals surface area (Å²) in [6.07, 6.45) is 6.77. The van der Waals surface area contributed by atoms with Crippen LogP contribution in [-0.4, -0.2) is 35.9 Å². The molecule has 1 fully saturated rings. The van der Waals surface area contributed by atoms with Crippen LogP contribution in [0, 0.1) is 0 Å². The van der Waals surface area contributed by atoms with E-state index in [1.54, 1.807) is 12.4 Å². The van der Waals surface area contributed by atoms with Crippen molar-refractivity contribution in [1.29, 1.82) is 0 Å². The second kappa shape index (κ2) is 8.80. The number of hydrogen-bond donors (Lipinski definition) is 1. The van der Waals surface area contributed by atoms with Gasteiger partial charge in [-0.3, -0.25) is 4.98 Å². The van der Waals surface area contributed by atoms with Crippen molar-refractivity contribution in [2.75, 3.05) is 6.54 Å². The Bertz CT molecular complexity index is 852. The zero-order valence-corrected chi connectivity index (χ0v) is 17.3. The maximum Gasteiger partial charge on any atom is 0.496 e. The molecular formula is C22H27BN2O4. The molecule has 1 aromatic heterocycles. The van der Waals surface area contributed by atoms with E-state index in [0.717, 1.165) is 16.6 Å². The highest BCUT2D eigenvalue weighted by molar-refractivity contribution is 6.62. The Balaban J connectivity index is 1.49. The van der Waals surface area contributed by atoms with Crippen molar-refractivity contribution in [3.8, 4) is 0 Å². The zero-order valence-electron chi connectivity index (χ0n) is 17.3. The molecule has 3 rings (SSSR count). The summed E-state index contributed by atoms with van der Waals surface area (Å²) in [4.78, 5) is 16.0. The number of pyridine rings is 1. The van der Waals surface area contributed by atoms with Crippen LogP contribution < -0.4 is 10.8 Å². The third-order valence-electron chi connectivity index (χ3n) is 5.19. The number of aromatic nitrogens is 1. The fourth-order valence-corrected chi connectivity index (χ4v) is 2.79. The first-order valence-electron chi connectivity index (χ1n) is 9.68. The quantitative estimate of drug-likeness (QED) is 0.762. The van der Waals surface area contributed by atoms with Crippen molar-refractivity contribution in [3.05, 3.63) is 66.0 Å². The lowest BCUT2D eigenvalue weighted by Crippen LogP contribution is -2.41. The lowest BCUT2D eigenvalue weighted by Gasteiger charge is -2.32. The lowest BCUT2D eigenvalue weighted by molar-refractivity contribution is 0.00578. The minimum atomic E-state index is -0.456. The van der Waals surface area contributed by atoms with Crippen molar-refractivity contribution in [2.24, 2.45) is 0 Å². The van der Waals surface area contributed by atoms with Gasteiger partial charge in [0.1, 0.15) is 6.61 Å². The summed E-state index contributed by atoms with van der Waals surface area (Å²) in [6.45, 7) is 8.68. The van der Waals surface area contributed by atoms with Crippen LogP contribution in [0.2, 0.25) is 0 Å². The Morgan fingerprint density at radius 3 is 2.52 bits per heavy atom. The van der Waals surface area contributed by atoms with Gasteiger partial charge in [0.2, 0.25) is 0 Å². The number of hydrogen-bond acceptors (Lipinski definition) is 5. The van der Waals surface area contributed by atoms with Crippen LogP contribution in [0.1, 0.15) is 38.8 Å². The van der Waals surface area contributed by atoms with E-state index in [-0.39, 0.29) is 6.61 Å². The minimum Gasteiger partial charge on any atom is -0.445 e. The first kappa shape index (κ1) is 21.1. The summed E-state index contributed by atoms with van der Waals surface area (Å²) in [7, 11) is -0.452. The molecule has 1 saturated heterocycles. The summed E-state index contributed by atoms with van der Waals surface area (Å²) >= 11 is 0. The molecule has 0 bridgehead atoms. The van der Waals surface area contributed by atoms with Crippen LogP contribution in [0.5, 0.6) is 0 Å². The van der Waals surface area contributed by atoms with E-state index in [9.17, 15) is 4.79 Å². The van der Waals surface area contributed by atoms with Gasteiger partial charge in [0.15, 0.2) is 0 Å². The summed E-state index contributed by atoms with van der Waals surface area (Å²) < 4.78 is 17.3. The second-order valence-electron chi connectivity index (χ2n) is 7.98. The highest BCUT2D eigenvalue weighted by Gasteiger charge is 2.51. The molecule has 0 aliphatic carbocycles. The smallest absolute Gasteiger partial charge is 0.445 e. The summed E-state index contributed by atoms with van der Waals surface area (Å²) in [6, 6.07) is 11.5. The van der Waals surface area contributed by atoms with E-state index in [4.69, 9.17) is 14.0 Å². The molecule has 29 heavy (non-hydrogen) atoms. The van der Waals surface area contributed by atoms with Gasteiger partial charge in [0, 0.05) is 24.4 Å².